The predicted molar refractivity (Wildman–Crippen MR) is 67.9 cm³/mol. The molecule has 0 bridgehead atoms. The second-order valence-corrected chi connectivity index (χ2v) is 4.65. The molecule has 0 aliphatic carbocycles. The molecule has 3 N–H and O–H groups in total. The summed E-state index contributed by atoms with van der Waals surface area (Å²) in [6.45, 7) is 2.09. The van der Waals surface area contributed by atoms with Crippen LogP contribution in [0.2, 0.25) is 0 Å². The zero-order valence-electron chi connectivity index (χ0n) is 10.7. The molecule has 2 aliphatic rings. The van der Waals surface area contributed by atoms with E-state index in [9.17, 15) is 4.79 Å². The quantitative estimate of drug-likeness (QED) is 0.683. The minimum absolute atomic E-state index is 0.00556. The van der Waals surface area contributed by atoms with Crippen LogP contribution in [0.1, 0.15) is 19.3 Å². The van der Waals surface area contributed by atoms with Crippen LogP contribution in [0.4, 0.5) is 0 Å². The van der Waals surface area contributed by atoms with Crippen LogP contribution in [-0.4, -0.2) is 54.8 Å². The standard InChI is InChI=1S/C12H20N4O2/c1-15-10(8-13)12(14)16(5-2-11(15)17)9-3-6-18-7-4-9/h8-9,13H,2-7,14H2,1H3. The molecule has 0 aromatic heterocycles. The molecule has 0 aromatic rings. The number of hydrogen-bond acceptors (Lipinski definition) is 5. The third kappa shape index (κ3) is 2.33. The summed E-state index contributed by atoms with van der Waals surface area (Å²) in [6.07, 6.45) is 3.44. The molecule has 1 saturated heterocycles. The maximum atomic E-state index is 11.8. The van der Waals surface area contributed by atoms with Gasteiger partial charge in [-0.25, -0.2) is 0 Å². The minimum atomic E-state index is 0.00556. The van der Waals surface area contributed by atoms with Gasteiger partial charge in [0.05, 0.1) is 0 Å². The van der Waals surface area contributed by atoms with Crippen molar-refractivity contribution >= 4 is 12.1 Å². The van der Waals surface area contributed by atoms with Gasteiger partial charge in [-0.05, 0) is 12.8 Å². The molecule has 1 fully saturated rings. The largest absolute Gasteiger partial charge is 0.384 e. The summed E-state index contributed by atoms with van der Waals surface area (Å²) in [7, 11) is 1.67. The van der Waals surface area contributed by atoms with E-state index in [0.29, 0.717) is 30.5 Å². The first kappa shape index (κ1) is 12.9. The van der Waals surface area contributed by atoms with Crippen molar-refractivity contribution in [1.82, 2.24) is 9.80 Å². The maximum Gasteiger partial charge on any atom is 0.228 e. The Bertz CT molecular complexity index is 374. The van der Waals surface area contributed by atoms with Crippen LogP contribution in [-0.2, 0) is 9.53 Å². The number of ether oxygens (including phenoxy) is 1. The molecule has 0 radical (unpaired) electrons. The number of carbonyl (C=O) groups is 1. The Morgan fingerprint density at radius 2 is 2.11 bits per heavy atom. The van der Waals surface area contributed by atoms with Crippen molar-refractivity contribution in [2.75, 3.05) is 26.8 Å². The van der Waals surface area contributed by atoms with E-state index in [1.807, 2.05) is 0 Å². The van der Waals surface area contributed by atoms with Gasteiger partial charge in [-0.2, -0.15) is 0 Å². The molecule has 100 valence electrons. The van der Waals surface area contributed by atoms with Gasteiger partial charge < -0.3 is 25.7 Å². The molecule has 0 unspecified atom stereocenters. The number of nitrogens with two attached hydrogens (primary N) is 1. The van der Waals surface area contributed by atoms with Gasteiger partial charge in [-0.1, -0.05) is 0 Å². The van der Waals surface area contributed by atoms with Gasteiger partial charge >= 0.3 is 0 Å². The van der Waals surface area contributed by atoms with Gasteiger partial charge in [0.1, 0.15) is 11.5 Å². The third-order valence-electron chi connectivity index (χ3n) is 3.64. The number of amides is 1. The van der Waals surface area contributed by atoms with Gasteiger partial charge in [0.15, 0.2) is 0 Å². The van der Waals surface area contributed by atoms with Crippen LogP contribution in [0.5, 0.6) is 0 Å². The van der Waals surface area contributed by atoms with Crippen LogP contribution in [0.3, 0.4) is 0 Å². The first-order valence-corrected chi connectivity index (χ1v) is 6.26. The van der Waals surface area contributed by atoms with Crippen molar-refractivity contribution in [1.29, 1.82) is 5.41 Å². The second-order valence-electron chi connectivity index (χ2n) is 4.65. The van der Waals surface area contributed by atoms with E-state index in [-0.39, 0.29) is 5.91 Å². The predicted octanol–water partition coefficient (Wildman–Crippen LogP) is 0.107. The van der Waals surface area contributed by atoms with Gasteiger partial charge in [0, 0.05) is 45.5 Å². The van der Waals surface area contributed by atoms with E-state index in [0.717, 1.165) is 32.3 Å². The Balaban J connectivity index is 2.26. The highest BCUT2D eigenvalue weighted by Gasteiger charge is 2.29. The van der Waals surface area contributed by atoms with Gasteiger partial charge in [0.2, 0.25) is 5.91 Å². The molecule has 6 heteroatoms. The Labute approximate surface area is 107 Å². The van der Waals surface area contributed by atoms with Crippen molar-refractivity contribution in [3.05, 3.63) is 11.5 Å². The highest BCUT2D eigenvalue weighted by Crippen LogP contribution is 2.22. The molecule has 0 aromatic carbocycles. The van der Waals surface area contributed by atoms with Gasteiger partial charge in [-0.3, -0.25) is 4.79 Å². The first-order chi connectivity index (χ1) is 8.65. The van der Waals surface area contributed by atoms with E-state index >= 15 is 0 Å². The Morgan fingerprint density at radius 1 is 1.44 bits per heavy atom. The zero-order chi connectivity index (χ0) is 13.1. The van der Waals surface area contributed by atoms with Crippen LogP contribution in [0.25, 0.3) is 0 Å². The van der Waals surface area contributed by atoms with E-state index in [1.165, 1.54) is 4.90 Å². The third-order valence-corrected chi connectivity index (χ3v) is 3.64. The molecule has 0 atom stereocenters. The summed E-state index contributed by atoms with van der Waals surface area (Å²) < 4.78 is 5.35. The summed E-state index contributed by atoms with van der Waals surface area (Å²) in [5, 5.41) is 7.44. The summed E-state index contributed by atoms with van der Waals surface area (Å²) in [5.41, 5.74) is 6.63. The lowest BCUT2D eigenvalue weighted by Crippen LogP contribution is -2.42. The number of hydrogen-bond donors (Lipinski definition) is 2. The molecule has 0 saturated carbocycles. The number of nitrogens with one attached hydrogen (secondary N) is 1. The van der Waals surface area contributed by atoms with Gasteiger partial charge in [0.25, 0.3) is 0 Å². The van der Waals surface area contributed by atoms with Crippen LogP contribution < -0.4 is 5.73 Å². The normalized spacial score (nSPS) is 23.3. The van der Waals surface area contributed by atoms with E-state index in [2.05, 4.69) is 4.90 Å². The second kappa shape index (κ2) is 5.39. The van der Waals surface area contributed by atoms with E-state index in [1.54, 1.807) is 7.05 Å². The SMILES string of the molecule is CN1C(=O)CCN(C2CCOCC2)C(N)=C1C=N. The average Bonchev–Trinajstić information content (AvgIpc) is 2.50. The van der Waals surface area contributed by atoms with Gasteiger partial charge in [-0.15, -0.1) is 0 Å². The van der Waals surface area contributed by atoms with Crippen molar-refractivity contribution < 1.29 is 9.53 Å². The highest BCUT2D eigenvalue weighted by molar-refractivity contribution is 5.87. The van der Waals surface area contributed by atoms with Crippen molar-refractivity contribution in [2.24, 2.45) is 5.73 Å². The van der Waals surface area contributed by atoms with Crippen LogP contribution in [0, 0.1) is 5.41 Å². The lowest BCUT2D eigenvalue weighted by Gasteiger charge is -2.35. The van der Waals surface area contributed by atoms with Crippen LogP contribution >= 0.6 is 0 Å². The van der Waals surface area contributed by atoms with Crippen LogP contribution in [0.15, 0.2) is 11.5 Å². The average molecular weight is 252 g/mol. The molecule has 2 heterocycles. The first-order valence-electron chi connectivity index (χ1n) is 6.26. The monoisotopic (exact) mass is 252 g/mol. The molecule has 1 amide bonds. The number of allylic oxidation sites excluding steroid dienone is 1. The lowest BCUT2D eigenvalue weighted by molar-refractivity contribution is -0.127. The Kier molecular flexibility index (Phi) is 3.86. The molecular weight excluding hydrogens is 232 g/mol. The fourth-order valence-corrected chi connectivity index (χ4v) is 2.50. The van der Waals surface area contributed by atoms with E-state index < -0.39 is 0 Å². The molecular formula is C12H20N4O2. The molecule has 18 heavy (non-hydrogen) atoms. The molecule has 0 spiro atoms. The van der Waals surface area contributed by atoms with Crippen molar-refractivity contribution in [3.8, 4) is 0 Å². The highest BCUT2D eigenvalue weighted by atomic mass is 16.5. The fraction of sp³-hybridized carbons (Fsp3) is 0.667. The topological polar surface area (TPSA) is 82.7 Å². The zero-order valence-corrected chi connectivity index (χ0v) is 10.7. The number of rotatable bonds is 2. The van der Waals surface area contributed by atoms with Crippen molar-refractivity contribution in [2.45, 2.75) is 25.3 Å². The summed E-state index contributed by atoms with van der Waals surface area (Å²) in [6, 6.07) is 0.313. The Hall–Kier alpha value is -1.56. The minimum Gasteiger partial charge on any atom is -0.384 e. The fourth-order valence-electron chi connectivity index (χ4n) is 2.50. The molecule has 2 aliphatic heterocycles. The maximum absolute atomic E-state index is 11.8. The Morgan fingerprint density at radius 3 is 2.72 bits per heavy atom. The number of nitrogens with zero attached hydrogens (tertiary/aromatic N) is 2. The summed E-state index contributed by atoms with van der Waals surface area (Å²) >= 11 is 0. The molecule has 2 rings (SSSR count). The molecule has 6 nitrogen and oxygen atoms in total. The summed E-state index contributed by atoms with van der Waals surface area (Å²) in [5.74, 6) is 0.538. The smallest absolute Gasteiger partial charge is 0.228 e. The summed E-state index contributed by atoms with van der Waals surface area (Å²) in [4.78, 5) is 15.4. The lowest BCUT2D eigenvalue weighted by atomic mass is 10.1. The van der Waals surface area contributed by atoms with Crippen molar-refractivity contribution in [3.63, 3.8) is 0 Å². The van der Waals surface area contributed by atoms with E-state index in [4.69, 9.17) is 15.9 Å². The number of carbonyl (C=O) groups excluding carboxylic acids is 1.